The second-order valence-corrected chi connectivity index (χ2v) is 7.61. The number of nitrogens with zero attached hydrogens (tertiary/aromatic N) is 1. The number of aliphatic hydroxyl groups is 1. The topological polar surface area (TPSA) is 74.0 Å². The predicted molar refractivity (Wildman–Crippen MR) is 105 cm³/mol. The van der Waals surface area contributed by atoms with Gasteiger partial charge in [0, 0.05) is 33.9 Å². The Kier molecular flexibility index (Phi) is 5.84. The van der Waals surface area contributed by atoms with E-state index < -0.39 is 12.0 Å². The molecule has 0 saturated heterocycles. The Hall–Kier alpha value is -2.05. The number of carbonyl (C=O) groups excluding carboxylic acids is 1. The molecule has 7 heteroatoms. The number of hydrogen-bond acceptors (Lipinski definition) is 5. The monoisotopic (exact) mass is 404 g/mol. The number of hydrogen-bond donors (Lipinski definition) is 2. The lowest BCUT2D eigenvalue weighted by molar-refractivity contribution is 0.0793. The molecule has 2 N–H and O–H groups in total. The normalized spacial score (nSPS) is 13.2. The number of aromatic nitrogens is 1. The lowest BCUT2D eigenvalue weighted by Crippen LogP contribution is -2.30. The molecule has 1 aromatic carbocycles. The van der Waals surface area contributed by atoms with Crippen LogP contribution in [-0.4, -0.2) is 21.6 Å². The van der Waals surface area contributed by atoms with E-state index in [-0.39, 0.29) is 11.5 Å². The van der Waals surface area contributed by atoms with Crippen molar-refractivity contribution in [3.63, 3.8) is 0 Å². The molecule has 0 bridgehead atoms. The molecule has 0 aliphatic rings. The number of pyridine rings is 1. The van der Waals surface area contributed by atoms with Crippen LogP contribution < -0.4 is 0 Å². The molecule has 4 nitrogen and oxygen atoms in total. The Bertz CT molecular complexity index is 926. The number of benzene rings is 1. The van der Waals surface area contributed by atoms with Crippen molar-refractivity contribution < 1.29 is 9.90 Å². The molecule has 0 spiro atoms. The van der Waals surface area contributed by atoms with Crippen molar-refractivity contribution in [2.75, 3.05) is 0 Å². The predicted octanol–water partition coefficient (Wildman–Crippen LogP) is 5.05. The molecule has 2 heterocycles. The van der Waals surface area contributed by atoms with Crippen LogP contribution in [0.1, 0.15) is 27.6 Å². The quantitative estimate of drug-likeness (QED) is 0.445. The Morgan fingerprint density at radius 3 is 2.46 bits per heavy atom. The first kappa shape index (κ1) is 18.7. The van der Waals surface area contributed by atoms with Gasteiger partial charge in [0.2, 0.25) is 0 Å². The highest BCUT2D eigenvalue weighted by Gasteiger charge is 2.34. The second kappa shape index (κ2) is 8.10. The summed E-state index contributed by atoms with van der Waals surface area (Å²) in [5, 5.41) is 21.6. The maximum Gasteiger partial charge on any atom is 0.174 e. The number of carbonyl (C=O) groups is 1. The van der Waals surface area contributed by atoms with E-state index in [1.165, 1.54) is 17.5 Å². The van der Waals surface area contributed by atoms with E-state index in [2.05, 4.69) is 4.98 Å². The summed E-state index contributed by atoms with van der Waals surface area (Å²) in [5.74, 6) is -1.46. The summed E-state index contributed by atoms with van der Waals surface area (Å²) in [5.41, 5.74) is 1.35. The first-order valence-corrected chi connectivity index (χ1v) is 9.31. The number of Topliss-reactive ketones (excluding diaryl/α,β-unsaturated/α-hetero) is 1. The fraction of sp³-hybridized carbons (Fsp3) is 0.105. The average molecular weight is 405 g/mol. The van der Waals surface area contributed by atoms with Crippen molar-refractivity contribution in [2.24, 2.45) is 5.92 Å². The van der Waals surface area contributed by atoms with Crippen LogP contribution in [0.4, 0.5) is 0 Å². The summed E-state index contributed by atoms with van der Waals surface area (Å²) in [7, 11) is 0. The van der Waals surface area contributed by atoms with Crippen LogP contribution in [0, 0.1) is 11.3 Å². The van der Waals surface area contributed by atoms with Crippen LogP contribution in [-0.2, 0) is 0 Å². The third kappa shape index (κ3) is 4.02. The molecule has 132 valence electrons. The standard InChI is InChI=1S/C19H14Cl2N2O2S/c20-14-5-3-11(4-6-14)18(24)16(17(22)13-8-15(21)26-10-13)19(25)12-2-1-7-23-9-12/h1-10,16,19,22,25H. The van der Waals surface area contributed by atoms with Gasteiger partial charge < -0.3 is 10.5 Å². The van der Waals surface area contributed by atoms with Crippen molar-refractivity contribution in [2.45, 2.75) is 6.10 Å². The van der Waals surface area contributed by atoms with E-state index in [1.54, 1.807) is 54.0 Å². The van der Waals surface area contributed by atoms with E-state index in [0.29, 0.717) is 26.0 Å². The van der Waals surface area contributed by atoms with Crippen molar-refractivity contribution in [1.82, 2.24) is 4.98 Å². The van der Waals surface area contributed by atoms with E-state index in [4.69, 9.17) is 28.6 Å². The Morgan fingerprint density at radius 1 is 1.15 bits per heavy atom. The molecule has 26 heavy (non-hydrogen) atoms. The zero-order chi connectivity index (χ0) is 18.7. The van der Waals surface area contributed by atoms with Crippen molar-refractivity contribution >= 4 is 46.0 Å². The highest BCUT2D eigenvalue weighted by atomic mass is 35.5. The molecular weight excluding hydrogens is 391 g/mol. The van der Waals surface area contributed by atoms with Gasteiger partial charge in [0.25, 0.3) is 0 Å². The largest absolute Gasteiger partial charge is 0.387 e. The third-order valence-corrected chi connectivity index (χ3v) is 5.29. The molecule has 2 atom stereocenters. The second-order valence-electron chi connectivity index (χ2n) is 5.63. The highest BCUT2D eigenvalue weighted by Crippen LogP contribution is 2.31. The van der Waals surface area contributed by atoms with Gasteiger partial charge in [-0.1, -0.05) is 29.3 Å². The average Bonchev–Trinajstić information content (AvgIpc) is 3.09. The maximum atomic E-state index is 13.1. The minimum Gasteiger partial charge on any atom is -0.387 e. The summed E-state index contributed by atoms with van der Waals surface area (Å²) in [4.78, 5) is 17.1. The van der Waals surface area contributed by atoms with E-state index >= 15 is 0 Å². The van der Waals surface area contributed by atoms with E-state index in [0.717, 1.165) is 0 Å². The van der Waals surface area contributed by atoms with Gasteiger partial charge in [-0.05, 0) is 42.0 Å². The van der Waals surface area contributed by atoms with Gasteiger partial charge in [0.15, 0.2) is 5.78 Å². The molecule has 2 aromatic heterocycles. The van der Waals surface area contributed by atoms with Crippen molar-refractivity contribution in [1.29, 1.82) is 5.41 Å². The molecule has 0 aliphatic heterocycles. The first-order valence-electron chi connectivity index (χ1n) is 7.68. The molecule has 0 radical (unpaired) electrons. The minimum atomic E-state index is -1.21. The van der Waals surface area contributed by atoms with Gasteiger partial charge in [0.1, 0.15) is 0 Å². The third-order valence-electron chi connectivity index (χ3n) is 3.94. The van der Waals surface area contributed by atoms with E-state index in [1.807, 2.05) is 0 Å². The molecular formula is C19H14Cl2N2O2S. The molecule has 3 aromatic rings. The van der Waals surface area contributed by atoms with Crippen molar-refractivity contribution in [3.8, 4) is 0 Å². The number of thiophene rings is 1. The smallest absolute Gasteiger partial charge is 0.174 e. The first-order chi connectivity index (χ1) is 12.5. The van der Waals surface area contributed by atoms with Gasteiger partial charge >= 0.3 is 0 Å². The number of halogens is 2. The maximum absolute atomic E-state index is 13.1. The van der Waals surface area contributed by atoms with Gasteiger partial charge in [-0.15, -0.1) is 11.3 Å². The van der Waals surface area contributed by atoms with Crippen LogP contribution in [0.2, 0.25) is 9.36 Å². The van der Waals surface area contributed by atoms with Crippen LogP contribution in [0.5, 0.6) is 0 Å². The Labute approximate surface area is 164 Å². The number of rotatable bonds is 6. The van der Waals surface area contributed by atoms with Crippen LogP contribution in [0.25, 0.3) is 0 Å². The molecule has 2 unspecified atom stereocenters. The van der Waals surface area contributed by atoms with E-state index in [9.17, 15) is 9.90 Å². The molecule has 0 fully saturated rings. The van der Waals surface area contributed by atoms with Crippen LogP contribution in [0.15, 0.2) is 60.2 Å². The van der Waals surface area contributed by atoms with Gasteiger partial charge in [-0.2, -0.15) is 0 Å². The Morgan fingerprint density at radius 2 is 1.88 bits per heavy atom. The van der Waals surface area contributed by atoms with Crippen LogP contribution >= 0.6 is 34.5 Å². The highest BCUT2D eigenvalue weighted by molar-refractivity contribution is 7.14. The summed E-state index contributed by atoms with van der Waals surface area (Å²) in [6, 6.07) is 11.3. The number of aliphatic hydroxyl groups excluding tert-OH is 1. The summed E-state index contributed by atoms with van der Waals surface area (Å²) >= 11 is 13.1. The summed E-state index contributed by atoms with van der Waals surface area (Å²) in [6.07, 6.45) is 1.86. The lowest BCUT2D eigenvalue weighted by atomic mass is 9.83. The van der Waals surface area contributed by atoms with Crippen LogP contribution in [0.3, 0.4) is 0 Å². The van der Waals surface area contributed by atoms with Gasteiger partial charge in [0.05, 0.1) is 22.1 Å². The zero-order valence-corrected chi connectivity index (χ0v) is 15.7. The molecule has 0 saturated carbocycles. The molecule has 0 aliphatic carbocycles. The number of ketones is 1. The molecule has 3 rings (SSSR count). The van der Waals surface area contributed by atoms with Gasteiger partial charge in [-0.25, -0.2) is 0 Å². The van der Waals surface area contributed by atoms with Crippen molar-refractivity contribution in [3.05, 3.63) is 86.3 Å². The fourth-order valence-electron chi connectivity index (χ4n) is 2.60. The minimum absolute atomic E-state index is 0.00412. The lowest BCUT2D eigenvalue weighted by Gasteiger charge is -2.22. The molecule has 0 amide bonds. The summed E-state index contributed by atoms with van der Waals surface area (Å²) < 4.78 is 0.512. The van der Waals surface area contributed by atoms with Gasteiger partial charge in [-0.3, -0.25) is 9.78 Å². The Balaban J connectivity index is 2.02. The SMILES string of the molecule is N=C(c1csc(Cl)c1)C(C(=O)c1ccc(Cl)cc1)C(O)c1cccnc1. The number of nitrogens with one attached hydrogen (secondary N) is 1. The fourth-order valence-corrected chi connectivity index (χ4v) is 3.61. The summed E-state index contributed by atoms with van der Waals surface area (Å²) in [6.45, 7) is 0. The zero-order valence-electron chi connectivity index (χ0n) is 13.4.